The Morgan fingerprint density at radius 1 is 1.24 bits per heavy atom. The number of hydrogen-bond acceptors (Lipinski definition) is 5. The van der Waals surface area contributed by atoms with E-state index in [9.17, 15) is 14.4 Å². The van der Waals surface area contributed by atoms with E-state index in [1.54, 1.807) is 0 Å². The number of amides is 1. The Morgan fingerprint density at radius 3 is 2.45 bits per heavy atom. The van der Waals surface area contributed by atoms with Crippen molar-refractivity contribution < 1.29 is 14.4 Å². The number of guanidine groups is 1. The third-order valence-corrected chi connectivity index (χ3v) is 4.65. The maximum absolute atomic E-state index is 13.1. The SMILES string of the molecule is CCCN(C(=O)[C@H](N)Cc1ccccc1)[C@@H](CCCNC(=N)N)C(=O)C(=O)CCl. The molecule has 6 N–H and O–H groups in total. The van der Waals surface area contributed by atoms with Crippen molar-refractivity contribution in [3.8, 4) is 0 Å². The maximum atomic E-state index is 13.1. The molecule has 0 aromatic heterocycles. The number of halogens is 1. The van der Waals surface area contributed by atoms with Gasteiger partial charge in [0.15, 0.2) is 5.96 Å². The van der Waals surface area contributed by atoms with Gasteiger partial charge in [-0.05, 0) is 31.2 Å². The van der Waals surface area contributed by atoms with Crippen molar-refractivity contribution in [3.63, 3.8) is 0 Å². The molecule has 0 heterocycles. The highest BCUT2D eigenvalue weighted by atomic mass is 35.5. The van der Waals surface area contributed by atoms with Crippen LogP contribution in [0.5, 0.6) is 0 Å². The van der Waals surface area contributed by atoms with Crippen molar-refractivity contribution in [2.24, 2.45) is 11.5 Å². The van der Waals surface area contributed by atoms with Crippen molar-refractivity contribution in [2.75, 3.05) is 19.0 Å². The van der Waals surface area contributed by atoms with Crippen LogP contribution in [0.2, 0.25) is 0 Å². The molecule has 1 rings (SSSR count). The average Bonchev–Trinajstić information content (AvgIpc) is 2.71. The standard InChI is InChI=1S/C20H30ClN5O3/c1-2-11-26(19(29)15(22)12-14-7-4-3-5-8-14)16(18(28)17(27)13-21)9-6-10-25-20(23)24/h3-5,7-8,15-16H,2,6,9-13,22H2,1H3,(H4,23,24,25)/t15-,16+/m1/s1. The first kappa shape index (κ1) is 24.6. The Hall–Kier alpha value is -2.45. The predicted octanol–water partition coefficient (Wildman–Crippen LogP) is 0.804. The summed E-state index contributed by atoms with van der Waals surface area (Å²) in [6.45, 7) is 2.52. The van der Waals surface area contributed by atoms with Crippen LogP contribution in [0.3, 0.4) is 0 Å². The van der Waals surface area contributed by atoms with E-state index in [4.69, 9.17) is 28.5 Å². The number of hydrogen-bond donors (Lipinski definition) is 4. The lowest BCUT2D eigenvalue weighted by molar-refractivity contribution is -0.145. The number of benzene rings is 1. The van der Waals surface area contributed by atoms with E-state index in [1.165, 1.54) is 4.90 Å². The summed E-state index contributed by atoms with van der Waals surface area (Å²) in [5.41, 5.74) is 12.3. The minimum atomic E-state index is -0.940. The van der Waals surface area contributed by atoms with Crippen LogP contribution in [0, 0.1) is 5.41 Å². The molecular weight excluding hydrogens is 394 g/mol. The van der Waals surface area contributed by atoms with Gasteiger partial charge in [-0.1, -0.05) is 37.3 Å². The van der Waals surface area contributed by atoms with Crippen LogP contribution >= 0.6 is 11.6 Å². The number of ketones is 2. The molecular formula is C20H30ClN5O3. The Kier molecular flexibility index (Phi) is 10.9. The summed E-state index contributed by atoms with van der Waals surface area (Å²) in [7, 11) is 0. The second-order valence-corrected chi connectivity index (χ2v) is 7.01. The van der Waals surface area contributed by atoms with Crippen molar-refractivity contribution in [1.29, 1.82) is 5.41 Å². The van der Waals surface area contributed by atoms with Crippen LogP contribution in [-0.4, -0.2) is 59.4 Å². The normalized spacial score (nSPS) is 12.7. The van der Waals surface area contributed by atoms with Gasteiger partial charge < -0.3 is 21.7 Å². The van der Waals surface area contributed by atoms with E-state index < -0.39 is 29.5 Å². The molecule has 0 saturated heterocycles. The number of nitrogens with zero attached hydrogens (tertiary/aromatic N) is 1. The average molecular weight is 424 g/mol. The second kappa shape index (κ2) is 12.9. The molecule has 0 spiro atoms. The van der Waals surface area contributed by atoms with Gasteiger partial charge >= 0.3 is 0 Å². The zero-order chi connectivity index (χ0) is 21.8. The smallest absolute Gasteiger partial charge is 0.240 e. The molecule has 2 atom stereocenters. The van der Waals surface area contributed by atoms with Crippen LogP contribution < -0.4 is 16.8 Å². The zero-order valence-electron chi connectivity index (χ0n) is 16.7. The molecule has 1 aromatic carbocycles. The largest absolute Gasteiger partial charge is 0.370 e. The van der Waals surface area contributed by atoms with Crippen molar-refractivity contribution >= 4 is 35.0 Å². The quantitative estimate of drug-likeness (QED) is 0.121. The lowest BCUT2D eigenvalue weighted by Gasteiger charge is -2.32. The van der Waals surface area contributed by atoms with Crippen LogP contribution in [0.25, 0.3) is 0 Å². The zero-order valence-corrected chi connectivity index (χ0v) is 17.5. The van der Waals surface area contributed by atoms with Gasteiger partial charge in [0.2, 0.25) is 17.5 Å². The molecule has 29 heavy (non-hydrogen) atoms. The van der Waals surface area contributed by atoms with Gasteiger partial charge in [0, 0.05) is 13.1 Å². The van der Waals surface area contributed by atoms with Crippen LogP contribution in [0.4, 0.5) is 0 Å². The topological polar surface area (TPSA) is 142 Å². The van der Waals surface area contributed by atoms with E-state index in [0.717, 1.165) is 5.56 Å². The molecule has 0 bridgehead atoms. The summed E-state index contributed by atoms with van der Waals surface area (Å²) < 4.78 is 0. The van der Waals surface area contributed by atoms with E-state index in [1.807, 2.05) is 37.3 Å². The first-order valence-electron chi connectivity index (χ1n) is 9.62. The number of alkyl halides is 1. The third-order valence-electron chi connectivity index (χ3n) is 4.41. The van der Waals surface area contributed by atoms with E-state index in [0.29, 0.717) is 32.4 Å². The van der Waals surface area contributed by atoms with Crippen molar-refractivity contribution in [2.45, 2.75) is 44.7 Å². The van der Waals surface area contributed by atoms with Crippen LogP contribution in [0.15, 0.2) is 30.3 Å². The predicted molar refractivity (Wildman–Crippen MR) is 114 cm³/mol. The highest BCUT2D eigenvalue weighted by molar-refractivity contribution is 6.48. The lowest BCUT2D eigenvalue weighted by atomic mass is 9.99. The number of nitrogens with two attached hydrogens (primary N) is 2. The van der Waals surface area contributed by atoms with E-state index in [2.05, 4.69) is 5.32 Å². The summed E-state index contributed by atoms with van der Waals surface area (Å²) in [6, 6.07) is 7.59. The van der Waals surface area contributed by atoms with Crippen molar-refractivity contribution in [1.82, 2.24) is 10.2 Å². The van der Waals surface area contributed by atoms with Gasteiger partial charge in [-0.15, -0.1) is 11.6 Å². The number of Topliss-reactive ketones (excluding diaryl/α,β-unsaturated/α-hetero) is 2. The van der Waals surface area contributed by atoms with Gasteiger partial charge in [0.1, 0.15) is 0 Å². The summed E-state index contributed by atoms with van der Waals surface area (Å²) in [5, 5.41) is 9.84. The number of carbonyl (C=O) groups is 3. The molecule has 0 aliphatic heterocycles. The first-order valence-corrected chi connectivity index (χ1v) is 10.2. The number of carbonyl (C=O) groups excluding carboxylic acids is 3. The molecule has 0 aliphatic carbocycles. The molecule has 1 amide bonds. The van der Waals surface area contributed by atoms with Crippen LogP contribution in [-0.2, 0) is 20.8 Å². The molecule has 0 aliphatic rings. The number of rotatable bonds is 13. The highest BCUT2D eigenvalue weighted by Crippen LogP contribution is 2.14. The maximum Gasteiger partial charge on any atom is 0.240 e. The summed E-state index contributed by atoms with van der Waals surface area (Å²) in [4.78, 5) is 39.1. The highest BCUT2D eigenvalue weighted by Gasteiger charge is 2.34. The molecule has 1 aromatic rings. The van der Waals surface area contributed by atoms with Gasteiger partial charge in [0.25, 0.3) is 0 Å². The first-order chi connectivity index (χ1) is 13.8. The Bertz CT molecular complexity index is 699. The molecule has 0 fully saturated rings. The van der Waals surface area contributed by atoms with Gasteiger partial charge in [-0.2, -0.15) is 0 Å². The molecule has 160 valence electrons. The van der Waals surface area contributed by atoms with Gasteiger partial charge in [0.05, 0.1) is 18.0 Å². The molecule has 9 heteroatoms. The van der Waals surface area contributed by atoms with Gasteiger partial charge in [-0.25, -0.2) is 0 Å². The van der Waals surface area contributed by atoms with E-state index in [-0.39, 0.29) is 18.3 Å². The minimum Gasteiger partial charge on any atom is -0.370 e. The third kappa shape index (κ3) is 8.21. The monoisotopic (exact) mass is 423 g/mol. The summed E-state index contributed by atoms with van der Waals surface area (Å²) >= 11 is 5.57. The fraction of sp³-hybridized carbons (Fsp3) is 0.500. The Balaban J connectivity index is 2.98. The second-order valence-electron chi connectivity index (χ2n) is 6.75. The lowest BCUT2D eigenvalue weighted by Crippen LogP contribution is -2.54. The molecule has 8 nitrogen and oxygen atoms in total. The molecule has 0 saturated carbocycles. The fourth-order valence-electron chi connectivity index (χ4n) is 3.03. The fourth-order valence-corrected chi connectivity index (χ4v) is 3.16. The Morgan fingerprint density at radius 2 is 1.90 bits per heavy atom. The van der Waals surface area contributed by atoms with Gasteiger partial charge in [-0.3, -0.25) is 19.8 Å². The summed E-state index contributed by atoms with van der Waals surface area (Å²) in [6.07, 6.45) is 1.61. The summed E-state index contributed by atoms with van der Waals surface area (Å²) in [5.74, 6) is -2.43. The van der Waals surface area contributed by atoms with Crippen molar-refractivity contribution in [3.05, 3.63) is 35.9 Å². The Labute approximate surface area is 176 Å². The minimum absolute atomic E-state index is 0.184. The van der Waals surface area contributed by atoms with Crippen LogP contribution in [0.1, 0.15) is 31.7 Å². The molecule has 0 radical (unpaired) electrons. The van der Waals surface area contributed by atoms with E-state index >= 15 is 0 Å². The number of nitrogens with one attached hydrogen (secondary N) is 2. The molecule has 0 unspecified atom stereocenters.